The highest BCUT2D eigenvalue weighted by Crippen LogP contribution is 2.24. The minimum absolute atomic E-state index is 0.0890. The third-order valence-electron chi connectivity index (χ3n) is 1.72. The van der Waals surface area contributed by atoms with Crippen LogP contribution in [0.5, 0.6) is 11.5 Å². The van der Waals surface area contributed by atoms with E-state index in [1.54, 1.807) is 6.07 Å². The molecule has 0 radical (unpaired) electrons. The van der Waals surface area contributed by atoms with Gasteiger partial charge in [0.15, 0.2) is 11.5 Å². The summed E-state index contributed by atoms with van der Waals surface area (Å²) in [6, 6.07) is 5.12. The van der Waals surface area contributed by atoms with Crippen LogP contribution in [-0.2, 0) is 6.54 Å². The van der Waals surface area contributed by atoms with Crippen molar-refractivity contribution in [2.45, 2.75) is 26.4 Å². The molecule has 0 bridgehead atoms. The van der Waals surface area contributed by atoms with Crippen LogP contribution in [0.3, 0.4) is 0 Å². The summed E-state index contributed by atoms with van der Waals surface area (Å²) in [5.74, 6) is -0.181. The molecule has 0 atom stereocenters. The Balaban J connectivity index is 2.47. The van der Waals surface area contributed by atoms with Crippen molar-refractivity contribution in [3.8, 4) is 11.5 Å². The summed E-state index contributed by atoms with van der Waals surface area (Å²) in [7, 11) is 0. The van der Waals surface area contributed by atoms with Crippen LogP contribution in [0.2, 0.25) is 0 Å². The molecule has 78 valence electrons. The molecular formula is C10H16N2O2. The highest BCUT2D eigenvalue weighted by molar-refractivity contribution is 5.40. The van der Waals surface area contributed by atoms with Crippen LogP contribution >= 0.6 is 0 Å². The molecule has 0 heterocycles. The van der Waals surface area contributed by atoms with E-state index >= 15 is 0 Å². The van der Waals surface area contributed by atoms with Gasteiger partial charge >= 0.3 is 0 Å². The first-order chi connectivity index (χ1) is 6.59. The maximum Gasteiger partial charge on any atom is 0.157 e. The second kappa shape index (κ2) is 4.83. The highest BCUT2D eigenvalue weighted by Gasteiger charge is 2.00. The summed E-state index contributed by atoms with van der Waals surface area (Å²) in [5, 5.41) is 18.3. The van der Waals surface area contributed by atoms with E-state index in [0.717, 1.165) is 5.56 Å². The van der Waals surface area contributed by atoms with Crippen LogP contribution < -0.4 is 10.9 Å². The summed E-state index contributed by atoms with van der Waals surface area (Å²) in [5.41, 5.74) is 6.95. The minimum Gasteiger partial charge on any atom is -0.504 e. The van der Waals surface area contributed by atoms with E-state index in [9.17, 15) is 5.11 Å². The molecule has 1 aromatic carbocycles. The molecule has 0 aromatic heterocycles. The molecule has 0 saturated heterocycles. The molecule has 0 unspecified atom stereocenters. The van der Waals surface area contributed by atoms with Gasteiger partial charge in [-0.2, -0.15) is 0 Å². The van der Waals surface area contributed by atoms with Crippen molar-refractivity contribution in [3.63, 3.8) is 0 Å². The molecule has 0 aliphatic heterocycles. The van der Waals surface area contributed by atoms with Crippen LogP contribution in [0.15, 0.2) is 18.2 Å². The van der Waals surface area contributed by atoms with E-state index in [0.29, 0.717) is 12.6 Å². The summed E-state index contributed by atoms with van der Waals surface area (Å²) in [6.07, 6.45) is 0. The van der Waals surface area contributed by atoms with Crippen molar-refractivity contribution in [2.75, 3.05) is 0 Å². The third kappa shape index (κ3) is 3.24. The molecule has 4 nitrogen and oxygen atoms in total. The number of aromatic hydroxyl groups is 2. The first kappa shape index (κ1) is 10.8. The van der Waals surface area contributed by atoms with Crippen molar-refractivity contribution < 1.29 is 10.2 Å². The lowest BCUT2D eigenvalue weighted by Crippen LogP contribution is -2.36. The minimum atomic E-state index is -0.0921. The molecular weight excluding hydrogens is 180 g/mol. The second-order valence-corrected chi connectivity index (χ2v) is 3.48. The highest BCUT2D eigenvalue weighted by atomic mass is 16.3. The van der Waals surface area contributed by atoms with Crippen molar-refractivity contribution >= 4 is 0 Å². The van der Waals surface area contributed by atoms with Gasteiger partial charge in [0.25, 0.3) is 0 Å². The van der Waals surface area contributed by atoms with Gasteiger partial charge in [-0.05, 0) is 31.5 Å². The maximum absolute atomic E-state index is 9.21. The molecule has 1 rings (SSSR count). The molecule has 4 heteroatoms. The lowest BCUT2D eigenvalue weighted by atomic mass is 10.2. The number of phenolic OH excluding ortho intramolecular Hbond substituents is 2. The predicted molar refractivity (Wildman–Crippen MR) is 54.9 cm³/mol. The number of benzene rings is 1. The van der Waals surface area contributed by atoms with Crippen molar-refractivity contribution in [1.82, 2.24) is 10.9 Å². The van der Waals surface area contributed by atoms with Gasteiger partial charge in [-0.25, -0.2) is 0 Å². The van der Waals surface area contributed by atoms with Gasteiger partial charge < -0.3 is 10.2 Å². The number of nitrogens with one attached hydrogen (secondary N) is 2. The number of hydrazine groups is 1. The molecule has 0 aliphatic rings. The van der Waals surface area contributed by atoms with E-state index in [-0.39, 0.29) is 11.5 Å². The van der Waals surface area contributed by atoms with Crippen LogP contribution in [0, 0.1) is 0 Å². The number of hydrogen-bond donors (Lipinski definition) is 4. The summed E-state index contributed by atoms with van der Waals surface area (Å²) >= 11 is 0. The van der Waals surface area contributed by atoms with E-state index in [4.69, 9.17) is 5.11 Å². The Morgan fingerprint density at radius 3 is 2.50 bits per heavy atom. The fourth-order valence-corrected chi connectivity index (χ4v) is 1.04. The van der Waals surface area contributed by atoms with Crippen molar-refractivity contribution in [2.24, 2.45) is 0 Å². The Morgan fingerprint density at radius 1 is 1.21 bits per heavy atom. The quantitative estimate of drug-likeness (QED) is 0.430. The Morgan fingerprint density at radius 2 is 1.93 bits per heavy atom. The summed E-state index contributed by atoms with van der Waals surface area (Å²) in [6.45, 7) is 4.66. The van der Waals surface area contributed by atoms with Crippen LogP contribution in [0.4, 0.5) is 0 Å². The van der Waals surface area contributed by atoms with E-state index in [2.05, 4.69) is 10.9 Å². The fraction of sp³-hybridized carbons (Fsp3) is 0.400. The second-order valence-electron chi connectivity index (χ2n) is 3.48. The standard InChI is InChI=1S/C10H16N2O2/c1-7(2)12-11-6-8-3-4-9(13)10(14)5-8/h3-5,7,11-14H,6H2,1-2H3. The van der Waals surface area contributed by atoms with Crippen molar-refractivity contribution in [1.29, 1.82) is 0 Å². The molecule has 0 saturated carbocycles. The van der Waals surface area contributed by atoms with Gasteiger partial charge in [0.1, 0.15) is 0 Å². The largest absolute Gasteiger partial charge is 0.504 e. The van der Waals surface area contributed by atoms with Crippen LogP contribution in [0.25, 0.3) is 0 Å². The predicted octanol–water partition coefficient (Wildman–Crippen LogP) is 1.10. The molecule has 0 aliphatic carbocycles. The van der Waals surface area contributed by atoms with Gasteiger partial charge in [0.05, 0.1) is 0 Å². The first-order valence-corrected chi connectivity index (χ1v) is 4.59. The van der Waals surface area contributed by atoms with Crippen molar-refractivity contribution in [3.05, 3.63) is 23.8 Å². The molecule has 4 N–H and O–H groups in total. The van der Waals surface area contributed by atoms with Gasteiger partial charge in [0, 0.05) is 12.6 Å². The normalized spacial score (nSPS) is 10.8. The van der Waals surface area contributed by atoms with E-state index in [1.807, 2.05) is 13.8 Å². The third-order valence-corrected chi connectivity index (χ3v) is 1.72. The smallest absolute Gasteiger partial charge is 0.157 e. The number of hydrogen-bond acceptors (Lipinski definition) is 4. The van der Waals surface area contributed by atoms with E-state index < -0.39 is 0 Å². The molecule has 0 spiro atoms. The average molecular weight is 196 g/mol. The monoisotopic (exact) mass is 196 g/mol. The topological polar surface area (TPSA) is 64.5 Å². The Bertz CT molecular complexity index is 300. The molecule has 0 fully saturated rings. The van der Waals surface area contributed by atoms with Gasteiger partial charge in [0.2, 0.25) is 0 Å². The van der Waals surface area contributed by atoms with Gasteiger partial charge in [-0.15, -0.1) is 0 Å². The lowest BCUT2D eigenvalue weighted by molar-refractivity contribution is 0.402. The van der Waals surface area contributed by atoms with E-state index in [1.165, 1.54) is 12.1 Å². The average Bonchev–Trinajstić information content (AvgIpc) is 2.10. The number of phenols is 2. The molecule has 1 aromatic rings. The Hall–Kier alpha value is -1.26. The Labute approximate surface area is 83.5 Å². The molecule has 14 heavy (non-hydrogen) atoms. The van der Waals surface area contributed by atoms with Crippen LogP contribution in [0.1, 0.15) is 19.4 Å². The maximum atomic E-state index is 9.21. The van der Waals surface area contributed by atoms with Gasteiger partial charge in [-0.3, -0.25) is 10.9 Å². The Kier molecular flexibility index (Phi) is 3.73. The zero-order valence-corrected chi connectivity index (χ0v) is 8.41. The first-order valence-electron chi connectivity index (χ1n) is 4.59. The zero-order chi connectivity index (χ0) is 10.6. The fourth-order valence-electron chi connectivity index (χ4n) is 1.04. The summed E-state index contributed by atoms with van der Waals surface area (Å²) in [4.78, 5) is 0. The summed E-state index contributed by atoms with van der Waals surface area (Å²) < 4.78 is 0. The zero-order valence-electron chi connectivity index (χ0n) is 8.41. The molecule has 0 amide bonds. The lowest BCUT2D eigenvalue weighted by Gasteiger charge is -2.10. The number of rotatable bonds is 4. The van der Waals surface area contributed by atoms with Gasteiger partial charge in [-0.1, -0.05) is 6.07 Å². The van der Waals surface area contributed by atoms with Crippen LogP contribution in [-0.4, -0.2) is 16.3 Å². The SMILES string of the molecule is CC(C)NNCc1ccc(O)c(O)c1.